The molecule has 122 valence electrons. The summed E-state index contributed by atoms with van der Waals surface area (Å²) in [5, 5.41) is 3.09. The van der Waals surface area contributed by atoms with Gasteiger partial charge in [-0.3, -0.25) is 4.79 Å². The van der Waals surface area contributed by atoms with E-state index >= 15 is 0 Å². The Morgan fingerprint density at radius 1 is 1.41 bits per heavy atom. The molecule has 1 aromatic heterocycles. The highest BCUT2D eigenvalue weighted by Gasteiger charge is 2.31. The quantitative estimate of drug-likeness (QED) is 0.858. The summed E-state index contributed by atoms with van der Waals surface area (Å²) in [6.07, 6.45) is -1.06. The number of aromatic nitrogens is 1. The first-order chi connectivity index (χ1) is 10.3. The standard InChI is InChI=1S/C14H16ClF3N2O2/c15-12-5-4-9(7-19-12)13(21)20-10-2-1-3-11(6-10)22-8-14(16,17)18/h4-5,7,10-11H,1-3,6,8H2,(H,20,21)/t10-,11+/m0/s1. The van der Waals surface area contributed by atoms with Crippen LogP contribution in [0, 0.1) is 0 Å². The van der Waals surface area contributed by atoms with Crippen LogP contribution in [0.3, 0.4) is 0 Å². The zero-order valence-electron chi connectivity index (χ0n) is 11.7. The Bertz CT molecular complexity index is 508. The molecule has 1 fully saturated rings. The van der Waals surface area contributed by atoms with Crippen LogP contribution in [0.25, 0.3) is 0 Å². The molecular formula is C14H16ClF3N2O2. The summed E-state index contributed by atoms with van der Waals surface area (Å²) in [6.45, 7) is -1.25. The summed E-state index contributed by atoms with van der Waals surface area (Å²) in [7, 11) is 0. The van der Waals surface area contributed by atoms with Gasteiger partial charge in [-0.05, 0) is 37.8 Å². The van der Waals surface area contributed by atoms with E-state index in [0.717, 1.165) is 6.42 Å². The topological polar surface area (TPSA) is 51.2 Å². The minimum atomic E-state index is -4.33. The molecule has 1 heterocycles. The molecule has 1 N–H and O–H groups in total. The fourth-order valence-corrected chi connectivity index (χ4v) is 2.53. The first-order valence-corrected chi connectivity index (χ1v) is 7.32. The number of alkyl halides is 3. The van der Waals surface area contributed by atoms with Gasteiger partial charge in [-0.1, -0.05) is 11.6 Å². The van der Waals surface area contributed by atoms with Crippen LogP contribution >= 0.6 is 11.6 Å². The van der Waals surface area contributed by atoms with Gasteiger partial charge < -0.3 is 10.1 Å². The second-order valence-electron chi connectivity index (χ2n) is 5.25. The molecule has 0 saturated heterocycles. The van der Waals surface area contributed by atoms with Crippen molar-refractivity contribution in [3.63, 3.8) is 0 Å². The SMILES string of the molecule is O=C(N[C@H]1CCC[C@@H](OCC(F)(F)F)C1)c1ccc(Cl)nc1. The summed E-state index contributed by atoms with van der Waals surface area (Å²) in [5.41, 5.74) is 0.364. The van der Waals surface area contributed by atoms with E-state index in [0.29, 0.717) is 24.8 Å². The zero-order chi connectivity index (χ0) is 16.2. The molecule has 0 radical (unpaired) electrons. The van der Waals surface area contributed by atoms with Gasteiger partial charge in [-0.2, -0.15) is 13.2 Å². The van der Waals surface area contributed by atoms with E-state index in [1.165, 1.54) is 12.3 Å². The fourth-order valence-electron chi connectivity index (χ4n) is 2.42. The van der Waals surface area contributed by atoms with Crippen molar-refractivity contribution in [2.75, 3.05) is 6.61 Å². The fraction of sp³-hybridized carbons (Fsp3) is 0.571. The van der Waals surface area contributed by atoms with Crippen LogP contribution < -0.4 is 5.32 Å². The number of pyridine rings is 1. The summed E-state index contributed by atoms with van der Waals surface area (Å²) in [6, 6.07) is 2.85. The van der Waals surface area contributed by atoms with Gasteiger partial charge in [0.05, 0.1) is 11.7 Å². The van der Waals surface area contributed by atoms with Crippen LogP contribution in [-0.4, -0.2) is 35.8 Å². The van der Waals surface area contributed by atoms with Crippen LogP contribution in [0.4, 0.5) is 13.2 Å². The molecular weight excluding hydrogens is 321 g/mol. The van der Waals surface area contributed by atoms with Gasteiger partial charge in [0, 0.05) is 12.2 Å². The van der Waals surface area contributed by atoms with E-state index < -0.39 is 18.9 Å². The normalized spacial score (nSPS) is 22.4. The summed E-state index contributed by atoms with van der Waals surface area (Å²) < 4.78 is 41.4. The predicted molar refractivity (Wildman–Crippen MR) is 74.8 cm³/mol. The molecule has 0 bridgehead atoms. The van der Waals surface area contributed by atoms with Crippen molar-refractivity contribution in [2.45, 2.75) is 44.0 Å². The monoisotopic (exact) mass is 336 g/mol. The van der Waals surface area contributed by atoms with Crippen LogP contribution in [-0.2, 0) is 4.74 Å². The highest BCUT2D eigenvalue weighted by Crippen LogP contribution is 2.24. The third-order valence-corrected chi connectivity index (χ3v) is 3.66. The Morgan fingerprint density at radius 3 is 2.82 bits per heavy atom. The Hall–Kier alpha value is -1.34. The van der Waals surface area contributed by atoms with Crippen molar-refractivity contribution >= 4 is 17.5 Å². The van der Waals surface area contributed by atoms with Gasteiger partial charge in [0.15, 0.2) is 0 Å². The zero-order valence-corrected chi connectivity index (χ0v) is 12.5. The Labute approximate surface area is 131 Å². The lowest BCUT2D eigenvalue weighted by molar-refractivity contribution is -0.188. The molecule has 0 spiro atoms. The lowest BCUT2D eigenvalue weighted by atomic mass is 9.92. The molecule has 4 nitrogen and oxygen atoms in total. The third-order valence-electron chi connectivity index (χ3n) is 3.43. The number of hydrogen-bond acceptors (Lipinski definition) is 3. The number of halogens is 4. The maximum Gasteiger partial charge on any atom is 0.411 e. The number of carbonyl (C=O) groups is 1. The van der Waals surface area contributed by atoms with E-state index in [2.05, 4.69) is 10.3 Å². The van der Waals surface area contributed by atoms with Crippen molar-refractivity contribution < 1.29 is 22.7 Å². The van der Waals surface area contributed by atoms with Crippen molar-refractivity contribution in [2.24, 2.45) is 0 Å². The van der Waals surface area contributed by atoms with Crippen molar-refractivity contribution in [3.8, 4) is 0 Å². The summed E-state index contributed by atoms with van der Waals surface area (Å²) >= 11 is 5.65. The first kappa shape index (κ1) is 17.0. The molecule has 2 rings (SSSR count). The largest absolute Gasteiger partial charge is 0.411 e. The molecule has 1 aliphatic carbocycles. The van der Waals surface area contributed by atoms with Crippen LogP contribution in [0.1, 0.15) is 36.0 Å². The molecule has 2 atom stereocenters. The van der Waals surface area contributed by atoms with E-state index in [1.807, 2.05) is 0 Å². The predicted octanol–water partition coefficient (Wildman–Crippen LogP) is 3.35. The lowest BCUT2D eigenvalue weighted by Crippen LogP contribution is -2.41. The number of amides is 1. The van der Waals surface area contributed by atoms with E-state index in [-0.39, 0.29) is 17.1 Å². The number of rotatable bonds is 4. The number of hydrogen-bond donors (Lipinski definition) is 1. The highest BCUT2D eigenvalue weighted by atomic mass is 35.5. The van der Waals surface area contributed by atoms with Crippen molar-refractivity contribution in [1.82, 2.24) is 10.3 Å². The van der Waals surface area contributed by atoms with Gasteiger partial charge in [0.2, 0.25) is 0 Å². The maximum absolute atomic E-state index is 12.2. The lowest BCUT2D eigenvalue weighted by Gasteiger charge is -2.30. The average Bonchev–Trinajstić information content (AvgIpc) is 2.45. The highest BCUT2D eigenvalue weighted by molar-refractivity contribution is 6.29. The van der Waals surface area contributed by atoms with Crippen molar-refractivity contribution in [3.05, 3.63) is 29.0 Å². The van der Waals surface area contributed by atoms with Gasteiger partial charge in [-0.25, -0.2) is 4.98 Å². The molecule has 0 aliphatic heterocycles. The number of ether oxygens (including phenoxy) is 1. The molecule has 0 unspecified atom stereocenters. The molecule has 8 heteroatoms. The molecule has 1 saturated carbocycles. The van der Waals surface area contributed by atoms with E-state index in [1.54, 1.807) is 6.07 Å². The molecule has 1 amide bonds. The first-order valence-electron chi connectivity index (χ1n) is 6.94. The second kappa shape index (κ2) is 7.28. The number of nitrogens with zero attached hydrogens (tertiary/aromatic N) is 1. The summed E-state index contributed by atoms with van der Waals surface area (Å²) in [5.74, 6) is -0.314. The van der Waals surface area contributed by atoms with Crippen LogP contribution in [0.5, 0.6) is 0 Å². The summed E-state index contributed by atoms with van der Waals surface area (Å²) in [4.78, 5) is 15.9. The number of nitrogens with one attached hydrogen (secondary N) is 1. The van der Waals surface area contributed by atoms with Gasteiger partial charge in [-0.15, -0.1) is 0 Å². The minimum Gasteiger partial charge on any atom is -0.369 e. The number of carbonyl (C=O) groups excluding carboxylic acids is 1. The van der Waals surface area contributed by atoms with Crippen molar-refractivity contribution in [1.29, 1.82) is 0 Å². The van der Waals surface area contributed by atoms with Crippen LogP contribution in [0.15, 0.2) is 18.3 Å². The second-order valence-corrected chi connectivity index (χ2v) is 5.64. The smallest absolute Gasteiger partial charge is 0.369 e. The third kappa shape index (κ3) is 5.46. The Balaban J connectivity index is 1.84. The van der Waals surface area contributed by atoms with Gasteiger partial charge in [0.25, 0.3) is 5.91 Å². The van der Waals surface area contributed by atoms with E-state index in [4.69, 9.17) is 16.3 Å². The van der Waals surface area contributed by atoms with E-state index in [9.17, 15) is 18.0 Å². The Kier molecular flexibility index (Phi) is 5.63. The van der Waals surface area contributed by atoms with Crippen LogP contribution in [0.2, 0.25) is 5.15 Å². The van der Waals surface area contributed by atoms with Gasteiger partial charge in [0.1, 0.15) is 11.8 Å². The maximum atomic E-state index is 12.2. The molecule has 0 aromatic carbocycles. The molecule has 22 heavy (non-hydrogen) atoms. The average molecular weight is 337 g/mol. The molecule has 1 aliphatic rings. The Morgan fingerprint density at radius 2 is 2.18 bits per heavy atom. The van der Waals surface area contributed by atoms with Gasteiger partial charge >= 0.3 is 6.18 Å². The molecule has 1 aromatic rings. The minimum absolute atomic E-state index is 0.199.